The summed E-state index contributed by atoms with van der Waals surface area (Å²) in [6.45, 7) is 13.1. The average molecular weight is 354 g/mol. The third-order valence-corrected chi connectivity index (χ3v) is 5.83. The molecular formula is C21H31N5. The highest BCUT2D eigenvalue weighted by Gasteiger charge is 2.27. The molecule has 0 aliphatic carbocycles. The van der Waals surface area contributed by atoms with Crippen molar-refractivity contribution in [1.29, 1.82) is 0 Å². The van der Waals surface area contributed by atoms with Crippen molar-refractivity contribution in [3.63, 3.8) is 0 Å². The van der Waals surface area contributed by atoms with Gasteiger partial charge in [-0.1, -0.05) is 45.0 Å². The Morgan fingerprint density at radius 2 is 1.77 bits per heavy atom. The molecule has 0 spiro atoms. The highest BCUT2D eigenvalue weighted by atomic mass is 15.3. The van der Waals surface area contributed by atoms with Crippen LogP contribution in [0.1, 0.15) is 62.3 Å². The molecule has 2 aliphatic rings. The molecule has 5 heteroatoms. The van der Waals surface area contributed by atoms with Gasteiger partial charge in [0, 0.05) is 25.6 Å². The summed E-state index contributed by atoms with van der Waals surface area (Å²) in [5.74, 6) is 2.89. The summed E-state index contributed by atoms with van der Waals surface area (Å²) in [6.07, 6.45) is 2.37. The Kier molecular flexibility index (Phi) is 4.84. The lowest BCUT2D eigenvalue weighted by Gasteiger charge is -2.32. The number of likely N-dealkylation sites (tertiary alicyclic amines) is 1. The van der Waals surface area contributed by atoms with E-state index in [9.17, 15) is 0 Å². The average Bonchev–Trinajstić information content (AvgIpc) is 3.06. The van der Waals surface area contributed by atoms with Crippen molar-refractivity contribution in [2.24, 2.45) is 0 Å². The molecule has 3 heterocycles. The second kappa shape index (κ2) is 7.12. The van der Waals surface area contributed by atoms with E-state index in [2.05, 4.69) is 70.0 Å². The van der Waals surface area contributed by atoms with Gasteiger partial charge in [0.05, 0.1) is 6.54 Å². The zero-order chi connectivity index (χ0) is 18.1. The quantitative estimate of drug-likeness (QED) is 0.921. The van der Waals surface area contributed by atoms with Crippen molar-refractivity contribution in [1.82, 2.24) is 25.0 Å². The van der Waals surface area contributed by atoms with Crippen LogP contribution in [-0.2, 0) is 25.0 Å². The number of nitrogens with zero attached hydrogens (tertiary/aromatic N) is 4. The number of hydrogen-bond acceptors (Lipinski definition) is 4. The van der Waals surface area contributed by atoms with E-state index in [1.807, 2.05) is 0 Å². The molecule has 0 atom stereocenters. The molecule has 0 saturated carbocycles. The van der Waals surface area contributed by atoms with Gasteiger partial charge in [-0.25, -0.2) is 0 Å². The van der Waals surface area contributed by atoms with Gasteiger partial charge in [-0.3, -0.25) is 4.90 Å². The van der Waals surface area contributed by atoms with Gasteiger partial charge in [0.2, 0.25) is 0 Å². The molecule has 1 N–H and O–H groups in total. The van der Waals surface area contributed by atoms with Gasteiger partial charge < -0.3 is 9.88 Å². The van der Waals surface area contributed by atoms with Gasteiger partial charge in [-0.05, 0) is 42.5 Å². The maximum absolute atomic E-state index is 4.52. The molecule has 26 heavy (non-hydrogen) atoms. The van der Waals surface area contributed by atoms with E-state index in [0.717, 1.165) is 45.1 Å². The number of nitrogens with one attached hydrogen (secondary N) is 1. The molecule has 140 valence electrons. The van der Waals surface area contributed by atoms with Crippen LogP contribution in [0.4, 0.5) is 0 Å². The minimum atomic E-state index is 0.226. The maximum atomic E-state index is 4.52. The fourth-order valence-electron chi connectivity index (χ4n) is 4.13. The summed E-state index contributed by atoms with van der Waals surface area (Å²) in [6, 6.07) is 9.18. The first kappa shape index (κ1) is 17.7. The third kappa shape index (κ3) is 3.69. The Morgan fingerprint density at radius 3 is 2.46 bits per heavy atom. The fraction of sp³-hybridized carbons (Fsp3) is 0.619. The van der Waals surface area contributed by atoms with E-state index in [0.29, 0.717) is 5.92 Å². The summed E-state index contributed by atoms with van der Waals surface area (Å²) < 4.78 is 2.35. The highest BCUT2D eigenvalue weighted by Crippen LogP contribution is 2.29. The van der Waals surface area contributed by atoms with Crippen LogP contribution in [0.2, 0.25) is 0 Å². The van der Waals surface area contributed by atoms with E-state index in [1.165, 1.54) is 29.8 Å². The summed E-state index contributed by atoms with van der Waals surface area (Å²) >= 11 is 0. The van der Waals surface area contributed by atoms with Crippen molar-refractivity contribution in [2.45, 2.75) is 64.6 Å². The number of hydrogen-bond donors (Lipinski definition) is 1. The number of piperidine rings is 1. The van der Waals surface area contributed by atoms with Crippen LogP contribution >= 0.6 is 0 Å². The summed E-state index contributed by atoms with van der Waals surface area (Å²) in [7, 11) is 0. The SMILES string of the molecule is CC(C)(C)c1ccc(CN2CCC(c3nnc4n3CCNC4)CC2)cc1. The molecule has 0 radical (unpaired) electrons. The van der Waals surface area contributed by atoms with Gasteiger partial charge in [0.15, 0.2) is 0 Å². The van der Waals surface area contributed by atoms with Crippen LogP contribution in [-0.4, -0.2) is 39.3 Å². The third-order valence-electron chi connectivity index (χ3n) is 5.83. The van der Waals surface area contributed by atoms with Gasteiger partial charge in [0.1, 0.15) is 11.6 Å². The predicted molar refractivity (Wildman–Crippen MR) is 104 cm³/mol. The lowest BCUT2D eigenvalue weighted by Crippen LogP contribution is -2.34. The first-order valence-corrected chi connectivity index (χ1v) is 9.95. The molecule has 5 nitrogen and oxygen atoms in total. The van der Waals surface area contributed by atoms with Crippen molar-refractivity contribution in [2.75, 3.05) is 19.6 Å². The Hall–Kier alpha value is -1.72. The van der Waals surface area contributed by atoms with Crippen molar-refractivity contribution in [3.8, 4) is 0 Å². The zero-order valence-electron chi connectivity index (χ0n) is 16.3. The molecule has 1 aromatic carbocycles. The predicted octanol–water partition coefficient (Wildman–Crippen LogP) is 3.06. The van der Waals surface area contributed by atoms with Crippen LogP contribution in [0.25, 0.3) is 0 Å². The molecule has 4 rings (SSSR count). The fourth-order valence-corrected chi connectivity index (χ4v) is 4.13. The van der Waals surface area contributed by atoms with E-state index in [1.54, 1.807) is 0 Å². The van der Waals surface area contributed by atoms with Crippen LogP contribution in [0.3, 0.4) is 0 Å². The number of fused-ring (bicyclic) bond motifs is 1. The molecule has 0 bridgehead atoms. The Labute approximate surface area is 156 Å². The number of rotatable bonds is 3. The maximum Gasteiger partial charge on any atom is 0.147 e. The normalized spacial score (nSPS) is 19.5. The standard InChI is InChI=1S/C21H31N5/c1-21(2,3)18-6-4-16(5-7-18)15-25-11-8-17(9-12-25)20-24-23-19-14-22-10-13-26(19)20/h4-7,17,22H,8-15H2,1-3H3. The zero-order valence-corrected chi connectivity index (χ0v) is 16.3. The van der Waals surface area contributed by atoms with Gasteiger partial charge in [0.25, 0.3) is 0 Å². The molecule has 1 fully saturated rings. The lowest BCUT2D eigenvalue weighted by atomic mass is 9.86. The molecule has 0 amide bonds. The topological polar surface area (TPSA) is 46.0 Å². The molecule has 1 aromatic heterocycles. The summed E-state index contributed by atoms with van der Waals surface area (Å²) in [4.78, 5) is 2.58. The van der Waals surface area contributed by atoms with Crippen molar-refractivity contribution < 1.29 is 0 Å². The van der Waals surface area contributed by atoms with Crippen LogP contribution in [0, 0.1) is 0 Å². The van der Waals surface area contributed by atoms with Gasteiger partial charge in [-0.2, -0.15) is 0 Å². The summed E-state index contributed by atoms with van der Waals surface area (Å²) in [5.41, 5.74) is 3.05. The minimum absolute atomic E-state index is 0.226. The van der Waals surface area contributed by atoms with E-state index < -0.39 is 0 Å². The Morgan fingerprint density at radius 1 is 1.04 bits per heavy atom. The van der Waals surface area contributed by atoms with Crippen molar-refractivity contribution in [3.05, 3.63) is 47.0 Å². The first-order valence-electron chi connectivity index (χ1n) is 9.95. The number of aromatic nitrogens is 3. The second-order valence-electron chi connectivity index (χ2n) is 8.80. The minimum Gasteiger partial charge on any atom is -0.312 e. The van der Waals surface area contributed by atoms with Crippen LogP contribution < -0.4 is 5.32 Å². The van der Waals surface area contributed by atoms with Crippen molar-refractivity contribution >= 4 is 0 Å². The monoisotopic (exact) mass is 353 g/mol. The molecule has 0 unspecified atom stereocenters. The molecule has 2 aromatic rings. The van der Waals surface area contributed by atoms with E-state index >= 15 is 0 Å². The molecular weight excluding hydrogens is 322 g/mol. The van der Waals surface area contributed by atoms with Crippen LogP contribution in [0.15, 0.2) is 24.3 Å². The largest absolute Gasteiger partial charge is 0.312 e. The lowest BCUT2D eigenvalue weighted by molar-refractivity contribution is 0.199. The second-order valence-corrected chi connectivity index (χ2v) is 8.80. The molecule has 1 saturated heterocycles. The summed E-state index contributed by atoms with van der Waals surface area (Å²) in [5, 5.41) is 12.3. The number of benzene rings is 1. The smallest absolute Gasteiger partial charge is 0.147 e. The van der Waals surface area contributed by atoms with Gasteiger partial charge >= 0.3 is 0 Å². The van der Waals surface area contributed by atoms with Gasteiger partial charge in [-0.15, -0.1) is 10.2 Å². The Bertz CT molecular complexity index is 733. The Balaban J connectivity index is 1.35. The van der Waals surface area contributed by atoms with E-state index in [-0.39, 0.29) is 5.41 Å². The highest BCUT2D eigenvalue weighted by molar-refractivity contribution is 5.27. The van der Waals surface area contributed by atoms with E-state index in [4.69, 9.17) is 0 Å². The molecule has 2 aliphatic heterocycles. The van der Waals surface area contributed by atoms with Crippen LogP contribution in [0.5, 0.6) is 0 Å². The first-order chi connectivity index (χ1) is 12.5.